The molecule has 0 radical (unpaired) electrons. The molecule has 0 aliphatic heterocycles. The molecule has 154 valence electrons. The van der Waals surface area contributed by atoms with Gasteiger partial charge in [0.1, 0.15) is 5.76 Å². The fraction of sp³-hybridized carbons (Fsp3) is 0.200. The average molecular weight is 418 g/mol. The number of nitrogens with zero attached hydrogens (tertiary/aromatic N) is 1. The van der Waals surface area contributed by atoms with E-state index in [1.807, 2.05) is 97.1 Å². The first-order chi connectivity index (χ1) is 14.3. The van der Waals surface area contributed by atoms with Gasteiger partial charge in [-0.2, -0.15) is 0 Å². The molecule has 0 saturated heterocycles. The van der Waals surface area contributed by atoms with E-state index in [2.05, 4.69) is 19.6 Å². The minimum Gasteiger partial charge on any atom is -0.544 e. The van der Waals surface area contributed by atoms with E-state index in [-0.39, 0.29) is 4.92 Å². The van der Waals surface area contributed by atoms with E-state index >= 15 is 0 Å². The van der Waals surface area contributed by atoms with Crippen molar-refractivity contribution < 1.29 is 9.35 Å². The van der Waals surface area contributed by atoms with Gasteiger partial charge in [0.15, 0.2) is 0 Å². The molecule has 0 aromatic heterocycles. The van der Waals surface area contributed by atoms with Crippen molar-refractivity contribution in [3.63, 3.8) is 0 Å². The summed E-state index contributed by atoms with van der Waals surface area (Å²) in [7, 11) is -1.95. The Morgan fingerprint density at radius 2 is 1.30 bits per heavy atom. The summed E-state index contributed by atoms with van der Waals surface area (Å²) in [5, 5.41) is 12.3. The molecule has 2 atom stereocenters. The highest BCUT2D eigenvalue weighted by molar-refractivity contribution is 6.70. The van der Waals surface area contributed by atoms with Crippen LogP contribution < -0.4 is 0 Å². The van der Waals surface area contributed by atoms with Crippen LogP contribution in [0.4, 0.5) is 0 Å². The van der Waals surface area contributed by atoms with E-state index < -0.39 is 20.3 Å². The summed E-state index contributed by atoms with van der Waals surface area (Å²) >= 11 is 0. The predicted molar refractivity (Wildman–Crippen MR) is 124 cm³/mol. The Labute approximate surface area is 179 Å². The number of benzene rings is 3. The van der Waals surface area contributed by atoms with Crippen molar-refractivity contribution in [3.8, 4) is 0 Å². The van der Waals surface area contributed by atoms with Gasteiger partial charge in [-0.15, -0.1) is 0 Å². The topological polar surface area (TPSA) is 52.4 Å². The third kappa shape index (κ3) is 5.67. The quantitative estimate of drug-likeness (QED) is 0.178. The smallest absolute Gasteiger partial charge is 0.248 e. The van der Waals surface area contributed by atoms with Crippen LogP contribution in [0.5, 0.6) is 0 Å². The maximum Gasteiger partial charge on any atom is 0.248 e. The molecule has 4 nitrogen and oxygen atoms in total. The predicted octanol–water partition coefficient (Wildman–Crippen LogP) is 6.68. The largest absolute Gasteiger partial charge is 0.544 e. The maximum atomic E-state index is 12.3. The second kappa shape index (κ2) is 9.54. The van der Waals surface area contributed by atoms with Crippen LogP contribution in [0.15, 0.2) is 97.1 Å². The van der Waals surface area contributed by atoms with Gasteiger partial charge in [-0.05, 0) is 31.3 Å². The Kier molecular flexibility index (Phi) is 6.85. The first kappa shape index (κ1) is 21.5. The van der Waals surface area contributed by atoms with Gasteiger partial charge in [0.25, 0.3) is 0 Å². The van der Waals surface area contributed by atoms with Gasteiger partial charge in [-0.3, -0.25) is 10.1 Å². The maximum absolute atomic E-state index is 12.3. The van der Waals surface area contributed by atoms with Crippen LogP contribution in [0.2, 0.25) is 19.6 Å². The Morgan fingerprint density at radius 1 is 0.833 bits per heavy atom. The van der Waals surface area contributed by atoms with E-state index in [4.69, 9.17) is 4.43 Å². The van der Waals surface area contributed by atoms with Crippen molar-refractivity contribution in [2.24, 2.45) is 0 Å². The first-order valence-electron chi connectivity index (χ1n) is 10.0. The third-order valence-corrected chi connectivity index (χ3v) is 5.53. The van der Waals surface area contributed by atoms with Crippen LogP contribution in [-0.2, 0) is 4.43 Å². The molecule has 0 aliphatic carbocycles. The van der Waals surface area contributed by atoms with Crippen LogP contribution in [0.25, 0.3) is 5.76 Å². The summed E-state index contributed by atoms with van der Waals surface area (Å²) in [6.07, 6.45) is 1.93. The molecule has 30 heavy (non-hydrogen) atoms. The molecule has 0 amide bonds. The summed E-state index contributed by atoms with van der Waals surface area (Å²) in [5.41, 5.74) is 2.49. The molecule has 0 fully saturated rings. The molecular formula is C25H27NO3Si. The second-order valence-electron chi connectivity index (χ2n) is 8.19. The summed E-state index contributed by atoms with van der Waals surface area (Å²) in [5.74, 6) is 0.224. The SMILES string of the molecule is C[Si](C)(C)O/C(=C\C(c1ccccc1)C(c1ccccc1)[N+](=O)[O-])c1ccccc1. The van der Waals surface area contributed by atoms with Crippen LogP contribution >= 0.6 is 0 Å². The fourth-order valence-electron chi connectivity index (χ4n) is 3.44. The molecule has 0 N–H and O–H groups in total. The van der Waals surface area contributed by atoms with E-state index in [0.29, 0.717) is 11.3 Å². The van der Waals surface area contributed by atoms with Crippen molar-refractivity contribution in [1.82, 2.24) is 0 Å². The van der Waals surface area contributed by atoms with Gasteiger partial charge in [-0.25, -0.2) is 0 Å². The van der Waals surface area contributed by atoms with E-state index in [1.165, 1.54) is 0 Å². The fourth-order valence-corrected chi connectivity index (χ4v) is 4.29. The van der Waals surface area contributed by atoms with Gasteiger partial charge in [-0.1, -0.05) is 91.0 Å². The molecular weight excluding hydrogens is 390 g/mol. The normalized spacial score (nSPS) is 14.0. The molecule has 0 heterocycles. The highest BCUT2D eigenvalue weighted by Gasteiger charge is 2.34. The van der Waals surface area contributed by atoms with Gasteiger partial charge < -0.3 is 4.43 Å². The zero-order chi connectivity index (χ0) is 21.6. The molecule has 0 bridgehead atoms. The monoisotopic (exact) mass is 417 g/mol. The zero-order valence-electron chi connectivity index (χ0n) is 17.6. The number of hydrogen-bond donors (Lipinski definition) is 0. The number of hydrogen-bond acceptors (Lipinski definition) is 3. The minimum atomic E-state index is -1.95. The Bertz CT molecular complexity index is 983. The van der Waals surface area contributed by atoms with Crippen molar-refractivity contribution in [2.45, 2.75) is 31.6 Å². The van der Waals surface area contributed by atoms with Crippen molar-refractivity contribution in [1.29, 1.82) is 0 Å². The van der Waals surface area contributed by atoms with Crippen LogP contribution in [-0.4, -0.2) is 13.2 Å². The molecule has 3 aromatic carbocycles. The molecule has 0 aliphatic rings. The van der Waals surface area contributed by atoms with Crippen molar-refractivity contribution >= 4 is 14.1 Å². The van der Waals surface area contributed by atoms with Crippen LogP contribution in [0.1, 0.15) is 28.7 Å². The van der Waals surface area contributed by atoms with Crippen LogP contribution in [0.3, 0.4) is 0 Å². The molecule has 0 spiro atoms. The number of nitro groups is 1. The molecule has 2 unspecified atom stereocenters. The summed E-state index contributed by atoms with van der Waals surface area (Å²) < 4.78 is 6.42. The first-order valence-corrected chi connectivity index (χ1v) is 13.5. The molecule has 0 saturated carbocycles. The standard InChI is InChI=1S/C25H27NO3Si/c1-30(2,3)29-24(21-15-9-5-10-16-21)19-23(20-13-7-4-8-14-20)25(26(27)28)22-17-11-6-12-18-22/h4-19,23,25H,1-3H3/b24-19-. The lowest BCUT2D eigenvalue weighted by Gasteiger charge is -2.25. The van der Waals surface area contributed by atoms with Crippen LogP contribution in [0, 0.1) is 10.1 Å². The van der Waals surface area contributed by atoms with Gasteiger partial charge >= 0.3 is 0 Å². The molecule has 3 aromatic rings. The highest BCUT2D eigenvalue weighted by Crippen LogP contribution is 2.37. The summed E-state index contributed by atoms with van der Waals surface area (Å²) in [6.45, 7) is 6.34. The zero-order valence-corrected chi connectivity index (χ0v) is 18.6. The van der Waals surface area contributed by atoms with E-state index in [9.17, 15) is 10.1 Å². The van der Waals surface area contributed by atoms with Gasteiger partial charge in [0, 0.05) is 16.1 Å². The summed E-state index contributed by atoms with van der Waals surface area (Å²) in [4.78, 5) is 12.1. The molecule has 5 heteroatoms. The lowest BCUT2D eigenvalue weighted by Crippen LogP contribution is -2.25. The van der Waals surface area contributed by atoms with E-state index in [0.717, 1.165) is 11.1 Å². The number of rotatable bonds is 8. The van der Waals surface area contributed by atoms with Crippen molar-refractivity contribution in [3.05, 3.63) is 124 Å². The Morgan fingerprint density at radius 3 is 1.77 bits per heavy atom. The van der Waals surface area contributed by atoms with E-state index in [1.54, 1.807) is 0 Å². The highest BCUT2D eigenvalue weighted by atomic mass is 28.4. The van der Waals surface area contributed by atoms with Gasteiger partial charge in [0.05, 0.1) is 5.92 Å². The molecule has 3 rings (SSSR count). The Hall–Kier alpha value is -3.18. The lowest BCUT2D eigenvalue weighted by molar-refractivity contribution is -0.531. The average Bonchev–Trinajstić information content (AvgIpc) is 2.73. The second-order valence-corrected chi connectivity index (χ2v) is 12.6. The van der Waals surface area contributed by atoms with Crippen molar-refractivity contribution in [2.75, 3.05) is 0 Å². The third-order valence-electron chi connectivity index (χ3n) is 4.70. The van der Waals surface area contributed by atoms with Gasteiger partial charge in [0.2, 0.25) is 14.4 Å². The Balaban J connectivity index is 2.18. The lowest BCUT2D eigenvalue weighted by atomic mass is 9.86. The minimum absolute atomic E-state index is 0.194. The summed E-state index contributed by atoms with van der Waals surface area (Å²) in [6, 6.07) is 27.7.